The zero-order chi connectivity index (χ0) is 59.5. The molecule has 10 atom stereocenters. The number of benzene rings is 3. The maximum atomic E-state index is 15.0. The molecule has 71 heavy (non-hydrogen) atoms. The van der Waals surface area contributed by atoms with Crippen molar-refractivity contribution in [1.29, 1.82) is 0 Å². The van der Waals surface area contributed by atoms with Crippen LogP contribution >= 0.6 is 21.6 Å². The highest BCUT2D eigenvalue weighted by atomic mass is 33.1. The molecule has 1 saturated heterocycles. The monoisotopic (exact) mass is 1030 g/mol. The summed E-state index contributed by atoms with van der Waals surface area (Å²) in [6.07, 6.45) is -16.8. The second-order valence-corrected chi connectivity index (χ2v) is 19.1. The van der Waals surface area contributed by atoms with Gasteiger partial charge in [-0.25, -0.2) is 0 Å². The van der Waals surface area contributed by atoms with E-state index in [4.69, 9.17) is 23.8 Å². The van der Waals surface area contributed by atoms with Gasteiger partial charge in [-0.2, -0.15) is 0 Å². The first kappa shape index (κ1) is 43.8. The van der Waals surface area contributed by atoms with Gasteiger partial charge in [0.25, 0.3) is 0 Å². The van der Waals surface area contributed by atoms with Crippen molar-refractivity contribution in [3.63, 3.8) is 0 Å². The van der Waals surface area contributed by atoms with Gasteiger partial charge in [0.05, 0.1) is 32.3 Å². The summed E-state index contributed by atoms with van der Waals surface area (Å²) in [4.78, 5) is 104. The van der Waals surface area contributed by atoms with Crippen molar-refractivity contribution >= 4 is 73.8 Å². The molecule has 7 amide bonds. The molecule has 1 aromatic heterocycles. The molecule has 1 aliphatic heterocycles. The van der Waals surface area contributed by atoms with E-state index >= 15 is 4.79 Å². The minimum absolute atomic E-state index is 0.0376. The Bertz CT molecular complexity index is 2820. The lowest BCUT2D eigenvalue weighted by Gasteiger charge is -2.29. The van der Waals surface area contributed by atoms with Gasteiger partial charge in [-0.1, -0.05) is 100 Å². The summed E-state index contributed by atoms with van der Waals surface area (Å²) in [5.74, 6) is -9.37. The number of amides is 7. The number of aromatic amines is 1. The summed E-state index contributed by atoms with van der Waals surface area (Å²) < 4.78 is 77.2. The SMILES string of the molecule is [2H]c1[nH]c2ccccc2c1C[C@H]1NC(=O)[C@H](Cc2ccccc2)NC(=O)[C@H](NC(=O)[C@H](N)Cc2ccccc2)CSSC[C@H](C(=O)NC(CO)[C@@H](C)O)NC(=O)C([C@@H](C)O)NC(=O)[C@H](C([2H])([2H])C([2H])([2H])C([2H])([2H])C([2H])([2H])N)NC1=O. The number of aromatic nitrogens is 1. The number of H-pyrrole nitrogens is 1. The number of nitrogens with one attached hydrogen (secondary N) is 8. The lowest BCUT2D eigenvalue weighted by molar-refractivity contribution is -0.136. The number of hydrogen-bond acceptors (Lipinski definition) is 14. The van der Waals surface area contributed by atoms with Crippen molar-refractivity contribution in [2.75, 3.05) is 24.6 Å². The highest BCUT2D eigenvalue weighted by Gasteiger charge is 2.36. The Hall–Kier alpha value is -6.01. The van der Waals surface area contributed by atoms with E-state index in [0.29, 0.717) is 22.0 Å². The van der Waals surface area contributed by atoms with Gasteiger partial charge in [-0.3, -0.25) is 33.6 Å². The molecule has 0 radical (unpaired) electrons. The molecule has 20 nitrogen and oxygen atoms in total. The molecular formula is C49H66N10O10S2. The minimum Gasteiger partial charge on any atom is -0.394 e. The van der Waals surface area contributed by atoms with Crippen LogP contribution in [0.4, 0.5) is 0 Å². The molecule has 5 rings (SSSR count). The van der Waals surface area contributed by atoms with Crippen LogP contribution in [-0.4, -0.2) is 147 Å². The number of fused-ring (bicyclic) bond motifs is 1. The van der Waals surface area contributed by atoms with Gasteiger partial charge in [0.1, 0.15) is 36.3 Å². The molecule has 1 fully saturated rings. The summed E-state index contributed by atoms with van der Waals surface area (Å²) in [5, 5.41) is 48.1. The average molecular weight is 1030 g/mol. The van der Waals surface area contributed by atoms with Gasteiger partial charge in [0.15, 0.2) is 0 Å². The Morgan fingerprint density at radius 2 is 1.35 bits per heavy atom. The number of aliphatic hydroxyl groups is 3. The number of aliphatic hydroxyl groups excluding tert-OH is 3. The van der Waals surface area contributed by atoms with Crippen LogP contribution in [0.1, 0.15) is 62.0 Å². The number of rotatable bonds is 17. The van der Waals surface area contributed by atoms with Crippen LogP contribution in [0.5, 0.6) is 0 Å². The quantitative estimate of drug-likeness (QED) is 0.0576. The van der Waals surface area contributed by atoms with Crippen LogP contribution in [0.25, 0.3) is 10.9 Å². The van der Waals surface area contributed by atoms with E-state index in [9.17, 15) is 44.1 Å². The number of carbonyl (C=O) groups is 7. The third kappa shape index (κ3) is 17.1. The van der Waals surface area contributed by atoms with Crippen LogP contribution in [-0.2, 0) is 52.8 Å². The molecular weight excluding hydrogens is 953 g/mol. The number of carbonyl (C=O) groups excluding carboxylic acids is 7. The molecule has 2 unspecified atom stereocenters. The second-order valence-electron chi connectivity index (χ2n) is 16.5. The zero-order valence-corrected chi connectivity index (χ0v) is 40.4. The molecule has 0 spiro atoms. The largest absolute Gasteiger partial charge is 0.394 e. The van der Waals surface area contributed by atoms with E-state index in [1.165, 1.54) is 6.92 Å². The van der Waals surface area contributed by atoms with Crippen molar-refractivity contribution in [3.8, 4) is 0 Å². The van der Waals surface area contributed by atoms with Crippen molar-refractivity contribution in [3.05, 3.63) is 108 Å². The fraction of sp³-hybridized carbons (Fsp3) is 0.449. The van der Waals surface area contributed by atoms with E-state index < -0.39 is 146 Å². The summed E-state index contributed by atoms with van der Waals surface area (Å²) in [5.41, 5.74) is 13.4. The number of para-hydroxylation sites is 1. The third-order valence-electron chi connectivity index (χ3n) is 11.1. The minimum atomic E-state index is -4.19. The predicted octanol–water partition coefficient (Wildman–Crippen LogP) is -0.805. The zero-order valence-electron chi connectivity index (χ0n) is 47.8. The van der Waals surface area contributed by atoms with E-state index in [1.807, 2.05) is 10.6 Å². The smallest absolute Gasteiger partial charge is 0.245 e. The Balaban J connectivity index is 1.70. The summed E-state index contributed by atoms with van der Waals surface area (Å²) in [7, 11) is 1.73. The molecule has 0 saturated carbocycles. The predicted molar refractivity (Wildman–Crippen MR) is 272 cm³/mol. The lowest BCUT2D eigenvalue weighted by atomic mass is 10.0. The maximum absolute atomic E-state index is 15.0. The Morgan fingerprint density at radius 3 is 2.00 bits per heavy atom. The van der Waals surface area contributed by atoms with Crippen LogP contribution in [0.15, 0.2) is 91.1 Å². The highest BCUT2D eigenvalue weighted by Crippen LogP contribution is 2.24. The van der Waals surface area contributed by atoms with Crippen molar-refractivity contribution in [2.24, 2.45) is 11.5 Å². The van der Waals surface area contributed by atoms with Gasteiger partial charge in [-0.15, -0.1) is 0 Å². The molecule has 15 N–H and O–H groups in total. The molecule has 1 aliphatic rings. The lowest BCUT2D eigenvalue weighted by Crippen LogP contribution is -2.62. The molecule has 0 aliphatic carbocycles. The van der Waals surface area contributed by atoms with Gasteiger partial charge in [0.2, 0.25) is 41.4 Å². The van der Waals surface area contributed by atoms with Gasteiger partial charge >= 0.3 is 0 Å². The highest BCUT2D eigenvalue weighted by molar-refractivity contribution is 8.76. The van der Waals surface area contributed by atoms with E-state index in [0.717, 1.165) is 28.5 Å². The van der Waals surface area contributed by atoms with Crippen molar-refractivity contribution in [2.45, 2.75) is 113 Å². The van der Waals surface area contributed by atoms with Gasteiger partial charge < -0.3 is 69.0 Å². The fourth-order valence-corrected chi connectivity index (χ4v) is 9.47. The van der Waals surface area contributed by atoms with E-state index in [1.54, 1.807) is 84.9 Å². The second kappa shape index (κ2) is 28.1. The Labute approximate surface area is 432 Å². The molecule has 2 heterocycles. The number of nitrogens with two attached hydrogens (primary N) is 2. The van der Waals surface area contributed by atoms with Gasteiger partial charge in [0, 0.05) is 52.4 Å². The van der Waals surface area contributed by atoms with Crippen LogP contribution < -0.4 is 48.7 Å². The molecule has 384 valence electrons. The van der Waals surface area contributed by atoms with Crippen molar-refractivity contribution < 1.29 is 61.2 Å². The van der Waals surface area contributed by atoms with E-state index in [2.05, 4.69) is 31.6 Å². The molecule has 4 aromatic rings. The normalized spacial score (nSPS) is 25.5. The van der Waals surface area contributed by atoms with E-state index in [-0.39, 0.29) is 30.3 Å². The molecule has 0 bridgehead atoms. The Morgan fingerprint density at radius 1 is 0.761 bits per heavy atom. The van der Waals surface area contributed by atoms with Crippen LogP contribution in [0, 0.1) is 0 Å². The molecule has 22 heteroatoms. The average Bonchev–Trinajstić information content (AvgIpc) is 3.71. The first-order chi connectivity index (χ1) is 37.4. The standard InChI is InChI=1S/C49H66N10O10S2/c1-28(61)39(25-60)56-48(68)41-27-71-70-26-40(57-43(63)34(51)21-30-13-5-3-6-14-30)47(67)54-37(22-31-15-7-4-8-16-31)45(65)55-38(23-32-24-52-35-18-10-9-17-33(32)35)46(66)53-36(19-11-12-20-50)44(64)59-42(29(2)62)49(69)58-41/h3-10,13-18,24,28-29,34,36-42,52,60-62H,11-12,19-23,25-27,50-51H2,1-2H3,(H,53,66)(H,54,67)(H,55,65)(H,56,68)(H,57,63)(H,58,69)(H,59,64)/t28-,29-,34-,36+,37+,38-,39?,40-,41-,42?/m1/s1/i11D2,12D2,19D2,20D2,24D. The first-order valence-corrected chi connectivity index (χ1v) is 24.9. The summed E-state index contributed by atoms with van der Waals surface area (Å²) in [6, 6.07) is 8.68. The topological polar surface area (TPSA) is 332 Å². The van der Waals surface area contributed by atoms with Crippen molar-refractivity contribution in [1.82, 2.24) is 42.2 Å². The summed E-state index contributed by atoms with van der Waals surface area (Å²) >= 11 is 0. The number of hydrogen-bond donors (Lipinski definition) is 13. The fourth-order valence-electron chi connectivity index (χ4n) is 7.14. The van der Waals surface area contributed by atoms with Crippen LogP contribution in [0.2, 0.25) is 0 Å². The molecule has 3 aromatic carbocycles. The summed E-state index contributed by atoms with van der Waals surface area (Å²) in [6.45, 7) is -2.25. The first-order valence-electron chi connectivity index (χ1n) is 26.9. The van der Waals surface area contributed by atoms with Crippen LogP contribution in [0.3, 0.4) is 0 Å². The maximum Gasteiger partial charge on any atom is 0.245 e. The Kier molecular flexibility index (Phi) is 17.3. The third-order valence-corrected chi connectivity index (χ3v) is 13.5. The van der Waals surface area contributed by atoms with Gasteiger partial charge in [-0.05, 0) is 68.6 Å².